The van der Waals surface area contributed by atoms with Crippen LogP contribution >= 0.6 is 0 Å². The molecule has 1 aliphatic carbocycles. The number of nitrogens with zero attached hydrogens (tertiary/aromatic N) is 1. The second kappa shape index (κ2) is 6.43. The minimum Gasteiger partial charge on any atom is -0.334 e. The molecule has 1 aromatic carbocycles. The predicted molar refractivity (Wildman–Crippen MR) is 82.1 cm³/mol. The van der Waals surface area contributed by atoms with Crippen LogP contribution in [0.2, 0.25) is 0 Å². The molecule has 1 saturated carbocycles. The normalized spacial score (nSPS) is 15.0. The summed E-state index contributed by atoms with van der Waals surface area (Å²) in [6.45, 7) is 0.507. The summed E-state index contributed by atoms with van der Waals surface area (Å²) < 4.78 is 0. The highest BCUT2D eigenvalue weighted by Gasteiger charge is 2.19. The van der Waals surface area contributed by atoms with E-state index in [1.807, 2.05) is 36.4 Å². The Morgan fingerprint density at radius 2 is 2.00 bits per heavy atom. The number of benzene rings is 1. The van der Waals surface area contributed by atoms with Crippen molar-refractivity contribution >= 4 is 11.8 Å². The van der Waals surface area contributed by atoms with Crippen molar-refractivity contribution in [3.63, 3.8) is 0 Å². The van der Waals surface area contributed by atoms with Crippen molar-refractivity contribution < 1.29 is 4.79 Å². The number of anilines is 1. The number of H-pyrrole nitrogens is 1. The maximum Gasteiger partial charge on any atom is 0.320 e. The molecule has 0 radical (unpaired) electrons. The van der Waals surface area contributed by atoms with Gasteiger partial charge in [-0.3, -0.25) is 10.4 Å². The van der Waals surface area contributed by atoms with Gasteiger partial charge in [-0.1, -0.05) is 43.2 Å². The zero-order valence-corrected chi connectivity index (χ0v) is 11.9. The molecule has 0 saturated heterocycles. The van der Waals surface area contributed by atoms with Gasteiger partial charge < -0.3 is 5.32 Å². The third-order valence-electron chi connectivity index (χ3n) is 3.93. The average molecular weight is 284 g/mol. The van der Waals surface area contributed by atoms with Crippen molar-refractivity contribution in [3.05, 3.63) is 47.7 Å². The van der Waals surface area contributed by atoms with Crippen LogP contribution < -0.4 is 10.6 Å². The summed E-state index contributed by atoms with van der Waals surface area (Å²) in [6.07, 6.45) is 4.98. The number of amides is 2. The molecule has 3 N–H and O–H groups in total. The van der Waals surface area contributed by atoms with Crippen LogP contribution in [0.15, 0.2) is 36.4 Å². The summed E-state index contributed by atoms with van der Waals surface area (Å²) in [7, 11) is 0. The summed E-state index contributed by atoms with van der Waals surface area (Å²) in [4.78, 5) is 11.8. The van der Waals surface area contributed by atoms with Crippen LogP contribution in [0, 0.1) is 0 Å². The number of urea groups is 1. The van der Waals surface area contributed by atoms with Gasteiger partial charge >= 0.3 is 6.03 Å². The van der Waals surface area contributed by atoms with Crippen LogP contribution in [0.5, 0.6) is 0 Å². The maximum atomic E-state index is 11.8. The Bertz CT molecular complexity index is 587. The lowest BCUT2D eigenvalue weighted by Crippen LogP contribution is -2.28. The predicted octanol–water partition coefficient (Wildman–Crippen LogP) is 3.39. The molecule has 5 heteroatoms. The van der Waals surface area contributed by atoms with Crippen LogP contribution in [0.3, 0.4) is 0 Å². The number of hydrogen-bond donors (Lipinski definition) is 3. The number of carbonyl (C=O) groups excluding carboxylic acids is 1. The molecule has 1 fully saturated rings. The molecular weight excluding hydrogens is 264 g/mol. The van der Waals surface area contributed by atoms with Crippen LogP contribution in [0.25, 0.3) is 0 Å². The van der Waals surface area contributed by atoms with Gasteiger partial charge in [0.25, 0.3) is 0 Å². The van der Waals surface area contributed by atoms with Crippen molar-refractivity contribution in [1.29, 1.82) is 0 Å². The fourth-order valence-corrected chi connectivity index (χ4v) is 2.79. The van der Waals surface area contributed by atoms with Gasteiger partial charge in [0, 0.05) is 24.2 Å². The quantitative estimate of drug-likeness (QED) is 0.805. The summed E-state index contributed by atoms with van der Waals surface area (Å²) in [6, 6.07) is 11.5. The van der Waals surface area contributed by atoms with E-state index < -0.39 is 0 Å². The molecule has 1 heterocycles. The highest BCUT2D eigenvalue weighted by atomic mass is 16.2. The molecule has 1 aromatic heterocycles. The van der Waals surface area contributed by atoms with Gasteiger partial charge in [-0.25, -0.2) is 4.79 Å². The summed E-state index contributed by atoms with van der Waals surface area (Å²) in [5.41, 5.74) is 2.20. The molecule has 0 unspecified atom stereocenters. The van der Waals surface area contributed by atoms with Crippen LogP contribution in [-0.4, -0.2) is 16.2 Å². The third kappa shape index (κ3) is 3.62. The van der Waals surface area contributed by atoms with Crippen molar-refractivity contribution in [2.75, 3.05) is 5.32 Å². The van der Waals surface area contributed by atoms with Crippen LogP contribution in [0.4, 0.5) is 10.6 Å². The number of aromatic amines is 1. The molecule has 0 bridgehead atoms. The average Bonchev–Trinajstić information content (AvgIpc) is 3.17. The second-order valence-electron chi connectivity index (χ2n) is 5.48. The smallest absolute Gasteiger partial charge is 0.320 e. The maximum absolute atomic E-state index is 11.8. The summed E-state index contributed by atoms with van der Waals surface area (Å²) in [5, 5.41) is 12.8. The highest BCUT2D eigenvalue weighted by Crippen LogP contribution is 2.33. The van der Waals surface area contributed by atoms with E-state index in [0.717, 1.165) is 11.3 Å². The monoisotopic (exact) mass is 284 g/mol. The van der Waals surface area contributed by atoms with Gasteiger partial charge in [0.15, 0.2) is 5.82 Å². The molecule has 110 valence electrons. The minimum absolute atomic E-state index is 0.233. The Kier molecular flexibility index (Phi) is 4.19. The van der Waals surface area contributed by atoms with Crippen molar-refractivity contribution in [3.8, 4) is 0 Å². The molecule has 2 amide bonds. The molecule has 3 rings (SSSR count). The lowest BCUT2D eigenvalue weighted by Gasteiger charge is -2.05. The van der Waals surface area contributed by atoms with Crippen LogP contribution in [0.1, 0.15) is 42.9 Å². The molecule has 21 heavy (non-hydrogen) atoms. The largest absolute Gasteiger partial charge is 0.334 e. The molecule has 1 aliphatic rings. The zero-order chi connectivity index (χ0) is 14.5. The Balaban J connectivity index is 1.50. The number of nitrogens with one attached hydrogen (secondary N) is 3. The number of hydrogen-bond acceptors (Lipinski definition) is 2. The molecule has 2 aromatic rings. The Hall–Kier alpha value is -2.30. The van der Waals surface area contributed by atoms with E-state index >= 15 is 0 Å². The van der Waals surface area contributed by atoms with Crippen molar-refractivity contribution in [1.82, 2.24) is 15.5 Å². The lowest BCUT2D eigenvalue weighted by molar-refractivity contribution is 0.251. The van der Waals surface area contributed by atoms with Gasteiger partial charge in [-0.15, -0.1) is 0 Å². The summed E-state index contributed by atoms with van der Waals surface area (Å²) in [5.74, 6) is 1.16. The first kappa shape index (κ1) is 13.7. The lowest BCUT2D eigenvalue weighted by atomic mass is 10.0. The van der Waals surface area contributed by atoms with Crippen LogP contribution in [-0.2, 0) is 6.54 Å². The number of aromatic nitrogens is 2. The van der Waals surface area contributed by atoms with E-state index in [4.69, 9.17) is 0 Å². The number of carbonyl (C=O) groups is 1. The zero-order valence-electron chi connectivity index (χ0n) is 11.9. The van der Waals surface area contributed by atoms with Gasteiger partial charge in [0.1, 0.15) is 0 Å². The molecular formula is C16H20N4O. The van der Waals surface area contributed by atoms with Gasteiger partial charge in [0.05, 0.1) is 0 Å². The summed E-state index contributed by atoms with van der Waals surface area (Å²) >= 11 is 0. The first-order valence-corrected chi connectivity index (χ1v) is 7.45. The van der Waals surface area contributed by atoms with Crippen molar-refractivity contribution in [2.45, 2.75) is 38.1 Å². The van der Waals surface area contributed by atoms with E-state index in [9.17, 15) is 4.79 Å². The second-order valence-corrected chi connectivity index (χ2v) is 5.48. The Morgan fingerprint density at radius 1 is 1.24 bits per heavy atom. The Morgan fingerprint density at radius 3 is 2.76 bits per heavy atom. The first-order valence-electron chi connectivity index (χ1n) is 7.45. The van der Waals surface area contributed by atoms with E-state index in [0.29, 0.717) is 18.3 Å². The number of rotatable bonds is 4. The first-order chi connectivity index (χ1) is 10.3. The molecule has 0 spiro atoms. The van der Waals surface area contributed by atoms with E-state index in [1.165, 1.54) is 25.7 Å². The van der Waals surface area contributed by atoms with Gasteiger partial charge in [-0.2, -0.15) is 5.10 Å². The minimum atomic E-state index is -0.233. The third-order valence-corrected chi connectivity index (χ3v) is 3.93. The topological polar surface area (TPSA) is 69.8 Å². The SMILES string of the molecule is O=C(NCc1ccccc1)Nc1cc(C2CCCC2)[nH]n1. The fourth-order valence-electron chi connectivity index (χ4n) is 2.79. The van der Waals surface area contributed by atoms with Gasteiger partial charge in [-0.05, 0) is 18.4 Å². The molecule has 5 nitrogen and oxygen atoms in total. The fraction of sp³-hybridized carbons (Fsp3) is 0.375. The van der Waals surface area contributed by atoms with E-state index in [1.54, 1.807) is 0 Å². The highest BCUT2D eigenvalue weighted by molar-refractivity contribution is 5.88. The molecule has 0 atom stereocenters. The van der Waals surface area contributed by atoms with E-state index in [-0.39, 0.29) is 6.03 Å². The van der Waals surface area contributed by atoms with Gasteiger partial charge in [0.2, 0.25) is 0 Å². The molecule has 0 aliphatic heterocycles. The van der Waals surface area contributed by atoms with E-state index in [2.05, 4.69) is 20.8 Å². The Labute approximate surface area is 124 Å². The standard InChI is InChI=1S/C16H20N4O/c21-16(17-11-12-6-2-1-3-7-12)18-15-10-14(19-20-15)13-8-4-5-9-13/h1-3,6-7,10,13H,4-5,8-9,11H2,(H3,17,18,19,20,21). The van der Waals surface area contributed by atoms with Crippen molar-refractivity contribution in [2.24, 2.45) is 0 Å².